The Morgan fingerprint density at radius 3 is 2.39 bits per heavy atom. The molecule has 0 amide bonds. The van der Waals surface area contributed by atoms with E-state index in [4.69, 9.17) is 26.9 Å². The number of fused-ring (bicyclic) bond motifs is 1. The summed E-state index contributed by atoms with van der Waals surface area (Å²) >= 11 is 6.16. The van der Waals surface area contributed by atoms with Crippen molar-refractivity contribution in [2.24, 2.45) is 5.84 Å². The molecule has 2 aromatic rings. The lowest BCUT2D eigenvalue weighted by Gasteiger charge is -2.37. The minimum absolute atomic E-state index is 0.251. The number of benzene rings is 1. The highest BCUT2D eigenvalue weighted by atomic mass is 35.5. The molecule has 0 radical (unpaired) electrons. The molecule has 1 aliphatic carbocycles. The number of ether oxygens (including phenoxy) is 2. The topological polar surface area (TPSA) is 76.7 Å². The van der Waals surface area contributed by atoms with E-state index in [2.05, 4.69) is 27.0 Å². The lowest BCUT2D eigenvalue weighted by atomic mass is 10.0. The first-order valence-electron chi connectivity index (χ1n) is 11.3. The summed E-state index contributed by atoms with van der Waals surface area (Å²) in [5.74, 6) is 9.09. The van der Waals surface area contributed by atoms with Gasteiger partial charge in [0, 0.05) is 37.3 Å². The van der Waals surface area contributed by atoms with Crippen LogP contribution in [-0.2, 0) is 19.4 Å². The molecular formula is C23H32ClN5O2. The fourth-order valence-corrected chi connectivity index (χ4v) is 4.79. The van der Waals surface area contributed by atoms with Crippen LogP contribution in [0.1, 0.15) is 49.9 Å². The highest BCUT2D eigenvalue weighted by molar-refractivity contribution is 6.28. The number of aromatic nitrogens is 2. The van der Waals surface area contributed by atoms with Crippen molar-refractivity contribution in [1.82, 2.24) is 14.9 Å². The number of anilines is 1. The fourth-order valence-electron chi connectivity index (χ4n) is 4.61. The third kappa shape index (κ3) is 5.22. The molecule has 0 atom stereocenters. The summed E-state index contributed by atoms with van der Waals surface area (Å²) in [5, 5.41) is 2.14. The lowest BCUT2D eigenvalue weighted by Crippen LogP contribution is -2.49. The van der Waals surface area contributed by atoms with Crippen molar-refractivity contribution >= 4 is 17.4 Å². The van der Waals surface area contributed by atoms with Crippen molar-refractivity contribution in [2.75, 3.05) is 31.3 Å². The molecule has 2 heterocycles. The quantitative estimate of drug-likeness (QED) is 0.376. The molecule has 0 saturated carbocycles. The Morgan fingerprint density at radius 1 is 1.06 bits per heavy atom. The van der Waals surface area contributed by atoms with Gasteiger partial charge in [0.05, 0.1) is 18.9 Å². The Labute approximate surface area is 189 Å². The predicted octanol–water partition coefficient (Wildman–Crippen LogP) is 3.76. The van der Waals surface area contributed by atoms with E-state index in [9.17, 15) is 0 Å². The summed E-state index contributed by atoms with van der Waals surface area (Å²) in [7, 11) is 0. The second-order valence-electron chi connectivity index (χ2n) is 8.19. The number of aryl methyl sites for hydroxylation is 1. The zero-order valence-corrected chi connectivity index (χ0v) is 19.2. The molecule has 1 saturated heterocycles. The molecule has 1 aliphatic heterocycles. The van der Waals surface area contributed by atoms with Crippen molar-refractivity contribution < 1.29 is 9.47 Å². The van der Waals surface area contributed by atoms with Crippen molar-refractivity contribution in [3.63, 3.8) is 0 Å². The average Bonchev–Trinajstić information content (AvgIpc) is 3.22. The highest BCUT2D eigenvalue weighted by Gasteiger charge is 2.28. The summed E-state index contributed by atoms with van der Waals surface area (Å²) in [6.07, 6.45) is 5.00. The number of piperidine rings is 1. The van der Waals surface area contributed by atoms with Crippen LogP contribution in [0.5, 0.6) is 11.5 Å². The summed E-state index contributed by atoms with van der Waals surface area (Å²) in [6, 6.07) is 6.43. The molecule has 1 aromatic carbocycles. The summed E-state index contributed by atoms with van der Waals surface area (Å²) in [6.45, 7) is 8.09. The van der Waals surface area contributed by atoms with Gasteiger partial charge in [0.1, 0.15) is 11.5 Å². The fraction of sp³-hybridized carbons (Fsp3) is 0.565. The smallest absolute Gasteiger partial charge is 0.224 e. The largest absolute Gasteiger partial charge is 0.494 e. The first-order valence-corrected chi connectivity index (χ1v) is 11.7. The Hall–Kier alpha value is -2.09. The van der Waals surface area contributed by atoms with Crippen LogP contribution in [0, 0.1) is 0 Å². The number of hydrogen-bond acceptors (Lipinski definition) is 7. The van der Waals surface area contributed by atoms with Crippen LogP contribution in [-0.4, -0.2) is 47.2 Å². The van der Waals surface area contributed by atoms with Crippen LogP contribution >= 0.6 is 11.6 Å². The van der Waals surface area contributed by atoms with Gasteiger partial charge in [-0.3, -0.25) is 9.91 Å². The maximum atomic E-state index is 6.55. The molecule has 4 rings (SSSR count). The minimum Gasteiger partial charge on any atom is -0.494 e. The summed E-state index contributed by atoms with van der Waals surface area (Å²) in [5.41, 5.74) is 3.44. The number of halogens is 1. The van der Waals surface area contributed by atoms with Gasteiger partial charge in [-0.15, -0.1) is 0 Å². The maximum absolute atomic E-state index is 6.55. The van der Waals surface area contributed by atoms with Gasteiger partial charge in [-0.05, 0) is 75.2 Å². The van der Waals surface area contributed by atoms with Crippen molar-refractivity contribution in [3.8, 4) is 11.5 Å². The normalized spacial score (nSPS) is 16.9. The van der Waals surface area contributed by atoms with Crippen LogP contribution < -0.4 is 20.3 Å². The van der Waals surface area contributed by atoms with E-state index in [-0.39, 0.29) is 6.04 Å². The van der Waals surface area contributed by atoms with E-state index in [1.165, 1.54) is 11.1 Å². The van der Waals surface area contributed by atoms with Crippen LogP contribution in [0.4, 0.5) is 5.82 Å². The zero-order chi connectivity index (χ0) is 21.8. The van der Waals surface area contributed by atoms with Gasteiger partial charge in [-0.2, -0.15) is 4.98 Å². The number of rotatable bonds is 8. The molecule has 0 unspecified atom stereocenters. The second kappa shape index (κ2) is 10.0. The monoisotopic (exact) mass is 445 g/mol. The van der Waals surface area contributed by atoms with Gasteiger partial charge in [-0.1, -0.05) is 0 Å². The van der Waals surface area contributed by atoms with E-state index in [1.807, 2.05) is 24.9 Å². The van der Waals surface area contributed by atoms with E-state index in [0.29, 0.717) is 18.5 Å². The van der Waals surface area contributed by atoms with Gasteiger partial charge in [0.2, 0.25) is 5.28 Å². The summed E-state index contributed by atoms with van der Waals surface area (Å²) < 4.78 is 11.4. The summed E-state index contributed by atoms with van der Waals surface area (Å²) in [4.78, 5) is 11.3. The van der Waals surface area contributed by atoms with Crippen molar-refractivity contribution in [1.29, 1.82) is 0 Å². The number of hydrogen-bond donors (Lipinski definition) is 1. The minimum atomic E-state index is 0.251. The van der Waals surface area contributed by atoms with Crippen molar-refractivity contribution in [2.45, 2.75) is 58.5 Å². The van der Waals surface area contributed by atoms with Gasteiger partial charge < -0.3 is 9.47 Å². The molecule has 2 aliphatic rings. The van der Waals surface area contributed by atoms with Gasteiger partial charge in [-0.25, -0.2) is 10.8 Å². The molecule has 7 nitrogen and oxygen atoms in total. The van der Waals surface area contributed by atoms with Crippen LogP contribution in [0.15, 0.2) is 18.2 Å². The number of likely N-dealkylation sites (tertiary alicyclic amines) is 1. The third-order valence-electron chi connectivity index (χ3n) is 6.05. The molecule has 2 N–H and O–H groups in total. The third-order valence-corrected chi connectivity index (χ3v) is 6.22. The van der Waals surface area contributed by atoms with Gasteiger partial charge in [0.15, 0.2) is 5.82 Å². The average molecular weight is 446 g/mol. The molecular weight excluding hydrogens is 414 g/mol. The molecule has 31 heavy (non-hydrogen) atoms. The highest BCUT2D eigenvalue weighted by Crippen LogP contribution is 2.31. The standard InChI is InChI=1S/C23H32ClN5O2/c1-3-30-18-12-16(13-19(14-18)31-4-2)15-28-10-8-17(9-11-28)29(25)22-20-6-5-7-21(20)26-23(24)27-22/h12-14,17H,3-11,15,25H2,1-2H3. The number of hydrazine groups is 1. The second-order valence-corrected chi connectivity index (χ2v) is 8.53. The maximum Gasteiger partial charge on any atom is 0.224 e. The first-order chi connectivity index (χ1) is 15.1. The van der Waals surface area contributed by atoms with E-state index in [0.717, 1.165) is 74.7 Å². The Balaban J connectivity index is 1.39. The number of nitrogens with two attached hydrogens (primary N) is 1. The predicted molar refractivity (Wildman–Crippen MR) is 123 cm³/mol. The molecule has 1 aromatic heterocycles. The molecule has 0 bridgehead atoms. The molecule has 168 valence electrons. The van der Waals surface area contributed by atoms with Crippen LogP contribution in [0.3, 0.4) is 0 Å². The van der Waals surface area contributed by atoms with Crippen molar-refractivity contribution in [3.05, 3.63) is 40.3 Å². The SMILES string of the molecule is CCOc1cc(CN2CCC(N(N)c3nc(Cl)nc4c3CCC4)CC2)cc(OCC)c1. The van der Waals surface area contributed by atoms with Crippen LogP contribution in [0.2, 0.25) is 5.28 Å². The van der Waals surface area contributed by atoms with E-state index in [1.54, 1.807) is 0 Å². The first kappa shape index (κ1) is 22.1. The molecule has 1 fully saturated rings. The van der Waals surface area contributed by atoms with Crippen LogP contribution in [0.25, 0.3) is 0 Å². The molecule has 0 spiro atoms. The Bertz CT molecular complexity index is 878. The zero-order valence-electron chi connectivity index (χ0n) is 18.4. The Morgan fingerprint density at radius 2 is 1.74 bits per heavy atom. The lowest BCUT2D eigenvalue weighted by molar-refractivity contribution is 0.200. The van der Waals surface area contributed by atoms with E-state index < -0.39 is 0 Å². The Kier molecular flexibility index (Phi) is 7.15. The molecule has 8 heteroatoms. The van der Waals surface area contributed by atoms with E-state index >= 15 is 0 Å². The van der Waals surface area contributed by atoms with Gasteiger partial charge in [0.25, 0.3) is 0 Å². The number of nitrogens with zero attached hydrogens (tertiary/aromatic N) is 4. The van der Waals surface area contributed by atoms with Gasteiger partial charge >= 0.3 is 0 Å².